The molecule has 1 heterocycles. The van der Waals surface area contributed by atoms with Crippen molar-refractivity contribution >= 4 is 11.6 Å². The first-order valence-electron chi connectivity index (χ1n) is 8.52. The van der Waals surface area contributed by atoms with Crippen LogP contribution >= 0.6 is 0 Å². The van der Waals surface area contributed by atoms with Gasteiger partial charge in [0.2, 0.25) is 5.91 Å². The topological polar surface area (TPSA) is 53.6 Å². The normalized spacial score (nSPS) is 20.8. The van der Waals surface area contributed by atoms with Gasteiger partial charge in [-0.2, -0.15) is 0 Å². The van der Waals surface area contributed by atoms with Crippen LogP contribution in [0.2, 0.25) is 0 Å². The zero-order valence-electron chi connectivity index (χ0n) is 14.1. The highest BCUT2D eigenvalue weighted by Crippen LogP contribution is 2.33. The van der Waals surface area contributed by atoms with Gasteiger partial charge in [0, 0.05) is 38.4 Å². The standard InChI is InChI=1S/C18H27N3O2/c1-19-17(22)18(20-15-4-3-5-16(12-15)23-2)8-10-21(11-9-18)13-14-6-7-14/h3-5,12,14,20H,6-11,13H2,1-2H3,(H,19,22). The number of ether oxygens (including phenoxy) is 1. The van der Waals surface area contributed by atoms with E-state index in [2.05, 4.69) is 15.5 Å². The van der Waals surface area contributed by atoms with Crippen LogP contribution in [-0.4, -0.2) is 50.1 Å². The Morgan fingerprint density at radius 1 is 1.35 bits per heavy atom. The highest BCUT2D eigenvalue weighted by molar-refractivity contribution is 5.89. The first-order chi connectivity index (χ1) is 11.1. The summed E-state index contributed by atoms with van der Waals surface area (Å²) in [5, 5.41) is 6.33. The number of rotatable bonds is 6. The van der Waals surface area contributed by atoms with E-state index in [0.29, 0.717) is 0 Å². The van der Waals surface area contributed by atoms with E-state index in [4.69, 9.17) is 4.74 Å². The highest BCUT2D eigenvalue weighted by atomic mass is 16.5. The largest absolute Gasteiger partial charge is 0.497 e. The average Bonchev–Trinajstić information content (AvgIpc) is 3.40. The second-order valence-corrected chi connectivity index (χ2v) is 6.76. The summed E-state index contributed by atoms with van der Waals surface area (Å²) >= 11 is 0. The molecule has 1 saturated heterocycles. The molecule has 2 fully saturated rings. The van der Waals surface area contributed by atoms with Crippen molar-refractivity contribution < 1.29 is 9.53 Å². The number of nitrogens with one attached hydrogen (secondary N) is 2. The van der Waals surface area contributed by atoms with E-state index in [1.807, 2.05) is 24.3 Å². The molecule has 0 radical (unpaired) electrons. The summed E-state index contributed by atoms with van der Waals surface area (Å²) in [6.45, 7) is 3.14. The Labute approximate surface area is 138 Å². The molecular formula is C18H27N3O2. The molecule has 1 aliphatic heterocycles. The predicted molar refractivity (Wildman–Crippen MR) is 91.8 cm³/mol. The first-order valence-corrected chi connectivity index (χ1v) is 8.52. The van der Waals surface area contributed by atoms with Gasteiger partial charge in [-0.15, -0.1) is 0 Å². The summed E-state index contributed by atoms with van der Waals surface area (Å²) in [7, 11) is 3.37. The molecule has 1 amide bonds. The number of piperidine rings is 1. The molecule has 1 saturated carbocycles. The molecule has 0 spiro atoms. The summed E-state index contributed by atoms with van der Waals surface area (Å²) in [4.78, 5) is 15.1. The summed E-state index contributed by atoms with van der Waals surface area (Å²) < 4.78 is 5.28. The molecule has 0 aromatic heterocycles. The number of nitrogens with zero attached hydrogens (tertiary/aromatic N) is 1. The van der Waals surface area contributed by atoms with Crippen LogP contribution in [0.5, 0.6) is 5.75 Å². The van der Waals surface area contributed by atoms with Gasteiger partial charge in [-0.3, -0.25) is 4.79 Å². The maximum Gasteiger partial charge on any atom is 0.245 e. The second-order valence-electron chi connectivity index (χ2n) is 6.76. The van der Waals surface area contributed by atoms with Gasteiger partial charge >= 0.3 is 0 Å². The van der Waals surface area contributed by atoms with E-state index in [-0.39, 0.29) is 5.91 Å². The van der Waals surface area contributed by atoms with Crippen LogP contribution in [0.1, 0.15) is 25.7 Å². The van der Waals surface area contributed by atoms with Gasteiger partial charge in [0.15, 0.2) is 0 Å². The highest BCUT2D eigenvalue weighted by Gasteiger charge is 2.41. The van der Waals surface area contributed by atoms with Crippen molar-refractivity contribution in [2.24, 2.45) is 5.92 Å². The number of hydrogen-bond donors (Lipinski definition) is 2. The van der Waals surface area contributed by atoms with E-state index in [1.54, 1.807) is 14.2 Å². The summed E-state index contributed by atoms with van der Waals surface area (Å²) in [5.74, 6) is 1.77. The minimum atomic E-state index is -0.527. The lowest BCUT2D eigenvalue weighted by atomic mass is 9.86. The SMILES string of the molecule is CNC(=O)C1(Nc2cccc(OC)c2)CCN(CC2CC2)CC1. The van der Waals surface area contributed by atoms with Crippen LogP contribution in [0.15, 0.2) is 24.3 Å². The molecule has 1 aromatic carbocycles. The molecule has 126 valence electrons. The minimum absolute atomic E-state index is 0.0754. The summed E-state index contributed by atoms with van der Waals surface area (Å²) in [6.07, 6.45) is 4.41. The molecule has 0 atom stereocenters. The quantitative estimate of drug-likeness (QED) is 0.844. The van der Waals surface area contributed by atoms with Crippen LogP contribution in [-0.2, 0) is 4.79 Å². The molecule has 23 heavy (non-hydrogen) atoms. The number of anilines is 1. The third-order valence-electron chi connectivity index (χ3n) is 5.04. The Hall–Kier alpha value is -1.75. The third kappa shape index (κ3) is 3.78. The van der Waals surface area contributed by atoms with Gasteiger partial charge in [0.05, 0.1) is 7.11 Å². The second kappa shape index (κ2) is 6.79. The number of carbonyl (C=O) groups is 1. The lowest BCUT2D eigenvalue weighted by Gasteiger charge is -2.41. The summed E-state index contributed by atoms with van der Waals surface area (Å²) in [5.41, 5.74) is 0.407. The van der Waals surface area contributed by atoms with Crippen molar-refractivity contribution in [3.63, 3.8) is 0 Å². The fraction of sp³-hybridized carbons (Fsp3) is 0.611. The maximum absolute atomic E-state index is 12.6. The number of amides is 1. The summed E-state index contributed by atoms with van der Waals surface area (Å²) in [6, 6.07) is 7.79. The fourth-order valence-corrected chi connectivity index (χ4v) is 3.41. The zero-order chi connectivity index (χ0) is 16.3. The number of likely N-dealkylation sites (tertiary alicyclic amines) is 1. The third-order valence-corrected chi connectivity index (χ3v) is 5.04. The Morgan fingerprint density at radius 3 is 2.70 bits per heavy atom. The molecule has 0 bridgehead atoms. The number of carbonyl (C=O) groups excluding carboxylic acids is 1. The molecule has 1 aliphatic carbocycles. The predicted octanol–water partition coefficient (Wildman–Crippen LogP) is 2.10. The van der Waals surface area contributed by atoms with Crippen molar-refractivity contribution in [1.82, 2.24) is 10.2 Å². The van der Waals surface area contributed by atoms with Gasteiger partial charge in [0.25, 0.3) is 0 Å². The molecule has 5 heteroatoms. The molecule has 2 aliphatic rings. The minimum Gasteiger partial charge on any atom is -0.497 e. The molecule has 5 nitrogen and oxygen atoms in total. The van der Waals surface area contributed by atoms with Gasteiger partial charge in [0.1, 0.15) is 11.3 Å². The zero-order valence-corrected chi connectivity index (χ0v) is 14.1. The molecular weight excluding hydrogens is 290 g/mol. The number of hydrogen-bond acceptors (Lipinski definition) is 4. The number of methoxy groups -OCH3 is 1. The van der Waals surface area contributed by atoms with E-state index in [0.717, 1.165) is 43.3 Å². The Kier molecular flexibility index (Phi) is 4.76. The van der Waals surface area contributed by atoms with Crippen molar-refractivity contribution in [1.29, 1.82) is 0 Å². The van der Waals surface area contributed by atoms with Crippen LogP contribution in [0, 0.1) is 5.92 Å². The Morgan fingerprint density at radius 2 is 2.09 bits per heavy atom. The average molecular weight is 317 g/mol. The van der Waals surface area contributed by atoms with Crippen molar-refractivity contribution in [3.8, 4) is 5.75 Å². The van der Waals surface area contributed by atoms with Crippen molar-refractivity contribution in [3.05, 3.63) is 24.3 Å². The fourth-order valence-electron chi connectivity index (χ4n) is 3.41. The number of likely N-dealkylation sites (N-methyl/N-ethyl adjacent to an activating group) is 1. The van der Waals surface area contributed by atoms with E-state index in [9.17, 15) is 4.79 Å². The maximum atomic E-state index is 12.6. The van der Waals surface area contributed by atoms with Gasteiger partial charge in [-0.05, 0) is 43.7 Å². The Balaban J connectivity index is 1.70. The van der Waals surface area contributed by atoms with Gasteiger partial charge in [-0.1, -0.05) is 6.07 Å². The van der Waals surface area contributed by atoms with Crippen molar-refractivity contribution in [2.75, 3.05) is 39.1 Å². The van der Waals surface area contributed by atoms with Crippen molar-refractivity contribution in [2.45, 2.75) is 31.2 Å². The van der Waals surface area contributed by atoms with Crippen LogP contribution in [0.4, 0.5) is 5.69 Å². The molecule has 1 aromatic rings. The lowest BCUT2D eigenvalue weighted by Crippen LogP contribution is -2.58. The molecule has 0 unspecified atom stereocenters. The first kappa shape index (κ1) is 16.1. The molecule has 3 rings (SSSR count). The van der Waals surface area contributed by atoms with E-state index in [1.165, 1.54) is 19.4 Å². The van der Waals surface area contributed by atoms with Crippen LogP contribution < -0.4 is 15.4 Å². The molecule has 2 N–H and O–H groups in total. The van der Waals surface area contributed by atoms with Gasteiger partial charge < -0.3 is 20.3 Å². The lowest BCUT2D eigenvalue weighted by molar-refractivity contribution is -0.126. The number of benzene rings is 1. The monoisotopic (exact) mass is 317 g/mol. The van der Waals surface area contributed by atoms with E-state index >= 15 is 0 Å². The smallest absolute Gasteiger partial charge is 0.245 e. The Bertz CT molecular complexity index is 549. The van der Waals surface area contributed by atoms with Gasteiger partial charge in [-0.25, -0.2) is 0 Å². The van der Waals surface area contributed by atoms with E-state index < -0.39 is 5.54 Å². The van der Waals surface area contributed by atoms with Crippen LogP contribution in [0.3, 0.4) is 0 Å². The van der Waals surface area contributed by atoms with Crippen LogP contribution in [0.25, 0.3) is 0 Å².